The minimum Gasteiger partial charge on any atom is -0.351 e. The van der Waals surface area contributed by atoms with Crippen LogP contribution in [0.2, 0.25) is 0 Å². The van der Waals surface area contributed by atoms with Gasteiger partial charge in [-0.3, -0.25) is 4.79 Å². The van der Waals surface area contributed by atoms with Crippen LogP contribution in [0.4, 0.5) is 0 Å². The Morgan fingerprint density at radius 3 is 2.72 bits per heavy atom. The minimum atomic E-state index is 0.0221. The van der Waals surface area contributed by atoms with E-state index in [-0.39, 0.29) is 5.91 Å². The number of hydrogen-bond acceptors (Lipinski definition) is 4. The van der Waals surface area contributed by atoms with Crippen molar-refractivity contribution in [2.45, 2.75) is 33.6 Å². The number of nitrogens with one attached hydrogen (secondary N) is 1. The number of carbonyl (C=O) groups is 1. The Kier molecular flexibility index (Phi) is 6.90. The normalized spacial score (nSPS) is 10.9. The van der Waals surface area contributed by atoms with Crippen LogP contribution < -0.4 is 5.32 Å². The molecule has 0 saturated heterocycles. The number of aryl methyl sites for hydroxylation is 1. The van der Waals surface area contributed by atoms with Crippen LogP contribution in [0.3, 0.4) is 0 Å². The van der Waals surface area contributed by atoms with Crippen LogP contribution in [0.1, 0.15) is 42.6 Å². The zero-order valence-electron chi connectivity index (χ0n) is 11.5. The van der Waals surface area contributed by atoms with E-state index in [0.717, 1.165) is 49.6 Å². The highest BCUT2D eigenvalue weighted by Crippen LogP contribution is 2.13. The molecule has 0 radical (unpaired) electrons. The van der Waals surface area contributed by atoms with Gasteiger partial charge in [0.1, 0.15) is 4.88 Å². The van der Waals surface area contributed by atoms with Gasteiger partial charge in [-0.1, -0.05) is 20.8 Å². The van der Waals surface area contributed by atoms with Crippen LogP contribution in [0.5, 0.6) is 0 Å². The third-order valence-electron chi connectivity index (χ3n) is 3.01. The van der Waals surface area contributed by atoms with Crippen molar-refractivity contribution in [2.24, 2.45) is 0 Å². The third-order valence-corrected chi connectivity index (χ3v) is 3.88. The third kappa shape index (κ3) is 4.38. The smallest absolute Gasteiger partial charge is 0.263 e. The molecule has 0 aliphatic carbocycles. The second-order valence-electron chi connectivity index (χ2n) is 4.12. The van der Waals surface area contributed by atoms with Gasteiger partial charge >= 0.3 is 0 Å². The predicted octanol–water partition coefficient (Wildman–Crippen LogP) is 2.17. The highest BCUT2D eigenvalue weighted by molar-refractivity contribution is 7.11. The molecule has 4 nitrogen and oxygen atoms in total. The fraction of sp³-hybridized carbons (Fsp3) is 0.692. The number of nitrogens with zero attached hydrogens (tertiary/aromatic N) is 2. The van der Waals surface area contributed by atoms with Crippen LogP contribution in [-0.4, -0.2) is 42.0 Å². The average molecular weight is 269 g/mol. The lowest BCUT2D eigenvalue weighted by Gasteiger charge is -2.17. The van der Waals surface area contributed by atoms with E-state index in [1.54, 1.807) is 5.51 Å². The van der Waals surface area contributed by atoms with E-state index in [0.29, 0.717) is 0 Å². The fourth-order valence-corrected chi connectivity index (χ4v) is 2.63. The highest BCUT2D eigenvalue weighted by atomic mass is 32.1. The monoisotopic (exact) mass is 269 g/mol. The van der Waals surface area contributed by atoms with Crippen molar-refractivity contribution in [3.05, 3.63) is 16.1 Å². The quantitative estimate of drug-likeness (QED) is 0.736. The van der Waals surface area contributed by atoms with Crippen molar-refractivity contribution >= 4 is 17.2 Å². The Bertz CT molecular complexity index is 361. The van der Waals surface area contributed by atoms with Gasteiger partial charge in [0.05, 0.1) is 11.2 Å². The van der Waals surface area contributed by atoms with E-state index in [9.17, 15) is 4.79 Å². The second-order valence-corrected chi connectivity index (χ2v) is 4.97. The topological polar surface area (TPSA) is 45.2 Å². The Morgan fingerprint density at radius 1 is 1.39 bits per heavy atom. The number of thiazole rings is 1. The summed E-state index contributed by atoms with van der Waals surface area (Å²) < 4.78 is 0. The first kappa shape index (κ1) is 15.1. The van der Waals surface area contributed by atoms with Crippen LogP contribution in [0, 0.1) is 0 Å². The summed E-state index contributed by atoms with van der Waals surface area (Å²) in [5.74, 6) is 0.0221. The van der Waals surface area contributed by atoms with E-state index in [4.69, 9.17) is 0 Å². The lowest BCUT2D eigenvalue weighted by molar-refractivity contribution is 0.0955. The number of aromatic nitrogens is 1. The molecule has 102 valence electrons. The molecule has 1 amide bonds. The summed E-state index contributed by atoms with van der Waals surface area (Å²) in [5.41, 5.74) is 2.64. The van der Waals surface area contributed by atoms with E-state index in [1.165, 1.54) is 11.3 Å². The molecule has 1 aromatic heterocycles. The van der Waals surface area contributed by atoms with Crippen molar-refractivity contribution < 1.29 is 4.79 Å². The number of carbonyl (C=O) groups excluding carboxylic acids is 1. The number of hydrogen-bond donors (Lipinski definition) is 1. The van der Waals surface area contributed by atoms with Crippen molar-refractivity contribution in [1.29, 1.82) is 0 Å². The molecule has 0 atom stereocenters. The summed E-state index contributed by atoms with van der Waals surface area (Å²) in [6.07, 6.45) is 1.80. The molecular formula is C13H23N3OS. The van der Waals surface area contributed by atoms with Crippen molar-refractivity contribution in [3.63, 3.8) is 0 Å². The van der Waals surface area contributed by atoms with Crippen molar-refractivity contribution in [1.82, 2.24) is 15.2 Å². The zero-order valence-corrected chi connectivity index (χ0v) is 12.3. The summed E-state index contributed by atoms with van der Waals surface area (Å²) in [6.45, 7) is 10.2. The van der Waals surface area contributed by atoms with Crippen LogP contribution >= 0.6 is 11.3 Å². The Balaban J connectivity index is 2.29. The Labute approximate surface area is 113 Å². The Hall–Kier alpha value is -0.940. The molecule has 1 aromatic rings. The van der Waals surface area contributed by atoms with Gasteiger partial charge in [-0.15, -0.1) is 11.3 Å². The Morgan fingerprint density at radius 2 is 2.11 bits per heavy atom. The van der Waals surface area contributed by atoms with Crippen molar-refractivity contribution in [3.8, 4) is 0 Å². The van der Waals surface area contributed by atoms with Gasteiger partial charge in [-0.2, -0.15) is 0 Å². The first-order chi connectivity index (χ1) is 8.72. The van der Waals surface area contributed by atoms with E-state index in [2.05, 4.69) is 29.0 Å². The predicted molar refractivity (Wildman–Crippen MR) is 76.2 cm³/mol. The molecule has 1 rings (SSSR count). The molecule has 1 heterocycles. The molecule has 0 aliphatic rings. The fourth-order valence-electron chi connectivity index (χ4n) is 1.83. The molecule has 18 heavy (non-hydrogen) atoms. The van der Waals surface area contributed by atoms with E-state index >= 15 is 0 Å². The number of amides is 1. The lowest BCUT2D eigenvalue weighted by atomic mass is 10.3. The number of rotatable bonds is 8. The maximum absolute atomic E-state index is 11.9. The van der Waals surface area contributed by atoms with Crippen LogP contribution in [0.25, 0.3) is 0 Å². The molecule has 0 spiro atoms. The maximum atomic E-state index is 11.9. The summed E-state index contributed by atoms with van der Waals surface area (Å²) in [7, 11) is 0. The molecule has 5 heteroatoms. The van der Waals surface area contributed by atoms with Gasteiger partial charge in [0, 0.05) is 6.54 Å². The first-order valence-corrected chi connectivity index (χ1v) is 7.53. The van der Waals surface area contributed by atoms with E-state index in [1.807, 2.05) is 6.92 Å². The SMILES string of the molecule is CCc1ncsc1C(=O)NCCCN(CC)CC. The maximum Gasteiger partial charge on any atom is 0.263 e. The molecule has 1 N–H and O–H groups in total. The second kappa shape index (κ2) is 8.21. The zero-order chi connectivity index (χ0) is 13.4. The lowest BCUT2D eigenvalue weighted by Crippen LogP contribution is -2.29. The molecule has 0 fully saturated rings. The van der Waals surface area contributed by atoms with Gasteiger partial charge < -0.3 is 10.2 Å². The minimum absolute atomic E-state index is 0.0221. The van der Waals surface area contributed by atoms with Crippen LogP contribution in [0.15, 0.2) is 5.51 Å². The van der Waals surface area contributed by atoms with Gasteiger partial charge in [0.2, 0.25) is 0 Å². The van der Waals surface area contributed by atoms with Crippen molar-refractivity contribution in [2.75, 3.05) is 26.2 Å². The molecule has 0 aliphatic heterocycles. The van der Waals surface area contributed by atoms with E-state index < -0.39 is 0 Å². The highest BCUT2D eigenvalue weighted by Gasteiger charge is 2.12. The van der Waals surface area contributed by atoms with Gasteiger partial charge in [0.25, 0.3) is 5.91 Å². The summed E-state index contributed by atoms with van der Waals surface area (Å²) in [6, 6.07) is 0. The first-order valence-electron chi connectivity index (χ1n) is 6.65. The summed E-state index contributed by atoms with van der Waals surface area (Å²) in [5, 5.41) is 2.97. The van der Waals surface area contributed by atoms with Gasteiger partial charge in [-0.05, 0) is 32.5 Å². The van der Waals surface area contributed by atoms with Crippen LogP contribution in [-0.2, 0) is 6.42 Å². The summed E-state index contributed by atoms with van der Waals surface area (Å²) >= 11 is 1.42. The summed E-state index contributed by atoms with van der Waals surface area (Å²) in [4.78, 5) is 19.2. The largest absolute Gasteiger partial charge is 0.351 e. The standard InChI is InChI=1S/C13H23N3OS/c1-4-11-12(18-10-15-11)13(17)14-8-7-9-16(5-2)6-3/h10H,4-9H2,1-3H3,(H,14,17). The molecular weight excluding hydrogens is 246 g/mol. The average Bonchev–Trinajstić information content (AvgIpc) is 2.87. The van der Waals surface area contributed by atoms with Gasteiger partial charge in [-0.25, -0.2) is 4.98 Å². The molecule has 0 aromatic carbocycles. The molecule has 0 bridgehead atoms. The van der Waals surface area contributed by atoms with Gasteiger partial charge in [0.15, 0.2) is 0 Å². The molecule has 0 unspecified atom stereocenters. The molecule has 0 saturated carbocycles.